The fourth-order valence-electron chi connectivity index (χ4n) is 2.07. The monoisotopic (exact) mass is 243 g/mol. The molecule has 0 aromatic carbocycles. The molecular formula is C12H21NO4. The number of hydrogen-bond acceptors (Lipinski definition) is 4. The molecule has 2 aliphatic rings. The fourth-order valence-corrected chi connectivity index (χ4v) is 2.07. The normalized spacial score (nSPS) is 34.0. The van der Waals surface area contributed by atoms with Gasteiger partial charge in [-0.15, -0.1) is 0 Å². The van der Waals surface area contributed by atoms with Crippen molar-refractivity contribution in [3.05, 3.63) is 0 Å². The number of piperidine rings is 1. The lowest BCUT2D eigenvalue weighted by atomic mass is 9.95. The Hall–Kier alpha value is -0.650. The number of rotatable bonds is 3. The zero-order valence-electron chi connectivity index (χ0n) is 11.0. The predicted octanol–water partition coefficient (Wildman–Crippen LogP) is 1.47. The molecule has 1 amide bonds. The number of epoxide rings is 1. The van der Waals surface area contributed by atoms with E-state index in [0.717, 1.165) is 12.8 Å². The molecule has 2 atom stereocenters. The minimum absolute atomic E-state index is 0.0564. The van der Waals surface area contributed by atoms with Gasteiger partial charge in [0.15, 0.2) is 0 Å². The zero-order valence-corrected chi connectivity index (χ0v) is 11.0. The van der Waals surface area contributed by atoms with Crippen molar-refractivity contribution in [2.75, 3.05) is 13.7 Å². The lowest BCUT2D eigenvalue weighted by Crippen LogP contribution is -2.58. The molecule has 0 bridgehead atoms. The highest BCUT2D eigenvalue weighted by Crippen LogP contribution is 2.39. The molecule has 0 spiro atoms. The second-order valence-electron chi connectivity index (χ2n) is 5.75. The minimum Gasteiger partial charge on any atom is -0.368 e. The van der Waals surface area contributed by atoms with Crippen LogP contribution in [-0.4, -0.2) is 41.9 Å². The molecule has 2 heterocycles. The molecule has 2 aliphatic heterocycles. The van der Waals surface area contributed by atoms with Crippen LogP contribution in [0, 0.1) is 0 Å². The van der Waals surface area contributed by atoms with Crippen molar-refractivity contribution >= 4 is 5.91 Å². The van der Waals surface area contributed by atoms with Crippen LogP contribution >= 0.6 is 0 Å². The number of nitrogens with zero attached hydrogens (tertiary/aromatic N) is 1. The van der Waals surface area contributed by atoms with E-state index in [1.165, 1.54) is 0 Å². The van der Waals surface area contributed by atoms with E-state index in [1.807, 2.05) is 20.8 Å². The summed E-state index contributed by atoms with van der Waals surface area (Å²) in [5, 5.41) is 0. The van der Waals surface area contributed by atoms with E-state index >= 15 is 0 Å². The largest absolute Gasteiger partial charge is 0.368 e. The van der Waals surface area contributed by atoms with E-state index in [2.05, 4.69) is 0 Å². The molecule has 0 aromatic rings. The zero-order chi connectivity index (χ0) is 12.7. The van der Waals surface area contributed by atoms with E-state index in [4.69, 9.17) is 14.5 Å². The maximum Gasteiger partial charge on any atom is 0.224 e. The number of ether oxygens (including phenoxy) is 1. The molecule has 0 radical (unpaired) electrons. The number of amides is 1. The van der Waals surface area contributed by atoms with Crippen LogP contribution in [0.25, 0.3) is 0 Å². The standard InChI is InChI=1S/C12H21NO4/c1-11(2,3)16-17-12(9-8-15-9)7-5-6-10(14)13(12)4/h9H,5-8H2,1-4H3/t9-,12+/m1/s1. The van der Waals surface area contributed by atoms with Gasteiger partial charge in [-0.05, 0) is 27.2 Å². The van der Waals surface area contributed by atoms with Crippen LogP contribution in [0.15, 0.2) is 0 Å². The van der Waals surface area contributed by atoms with Gasteiger partial charge in [-0.25, -0.2) is 9.78 Å². The Morgan fingerprint density at radius 3 is 2.65 bits per heavy atom. The first kappa shape index (κ1) is 12.8. The first-order valence-corrected chi connectivity index (χ1v) is 6.10. The highest BCUT2D eigenvalue weighted by Gasteiger charge is 2.55. The maximum atomic E-state index is 11.8. The van der Waals surface area contributed by atoms with Crippen LogP contribution in [0.3, 0.4) is 0 Å². The smallest absolute Gasteiger partial charge is 0.224 e. The number of likely N-dealkylation sites (tertiary alicyclic amines) is 1. The van der Waals surface area contributed by atoms with Gasteiger partial charge in [-0.3, -0.25) is 4.79 Å². The summed E-state index contributed by atoms with van der Waals surface area (Å²) in [6, 6.07) is 0. The second-order valence-corrected chi connectivity index (χ2v) is 5.75. The topological polar surface area (TPSA) is 51.3 Å². The number of likely N-dealkylation sites (N-methyl/N-ethyl adjacent to an activating group) is 1. The van der Waals surface area contributed by atoms with Crippen LogP contribution in [-0.2, 0) is 19.3 Å². The van der Waals surface area contributed by atoms with Crippen molar-refractivity contribution in [1.29, 1.82) is 0 Å². The third-order valence-electron chi connectivity index (χ3n) is 3.14. The molecule has 0 unspecified atom stereocenters. The summed E-state index contributed by atoms with van der Waals surface area (Å²) < 4.78 is 5.34. The molecule has 5 nitrogen and oxygen atoms in total. The van der Waals surface area contributed by atoms with Crippen LogP contribution in [0.1, 0.15) is 40.0 Å². The lowest BCUT2D eigenvalue weighted by molar-refractivity contribution is -0.432. The lowest BCUT2D eigenvalue weighted by Gasteiger charge is -2.43. The summed E-state index contributed by atoms with van der Waals surface area (Å²) in [5.74, 6) is 0.0873. The van der Waals surface area contributed by atoms with Crippen LogP contribution < -0.4 is 0 Å². The third-order valence-corrected chi connectivity index (χ3v) is 3.14. The van der Waals surface area contributed by atoms with Gasteiger partial charge in [0.2, 0.25) is 11.6 Å². The third kappa shape index (κ3) is 2.61. The Morgan fingerprint density at radius 1 is 1.47 bits per heavy atom. The molecule has 0 N–H and O–H groups in total. The Bertz CT molecular complexity index is 308. The van der Waals surface area contributed by atoms with Gasteiger partial charge >= 0.3 is 0 Å². The van der Waals surface area contributed by atoms with Gasteiger partial charge in [0.05, 0.1) is 12.2 Å². The van der Waals surface area contributed by atoms with E-state index in [0.29, 0.717) is 13.0 Å². The van der Waals surface area contributed by atoms with Crippen LogP contribution in [0.5, 0.6) is 0 Å². The van der Waals surface area contributed by atoms with Crippen molar-refractivity contribution < 1.29 is 19.3 Å². The summed E-state index contributed by atoms with van der Waals surface area (Å²) in [6.07, 6.45) is 2.09. The van der Waals surface area contributed by atoms with Gasteiger partial charge < -0.3 is 9.64 Å². The minimum atomic E-state index is -0.734. The van der Waals surface area contributed by atoms with Crippen molar-refractivity contribution in [2.45, 2.75) is 57.5 Å². The first-order chi connectivity index (χ1) is 7.85. The Labute approximate surface area is 102 Å². The fraction of sp³-hybridized carbons (Fsp3) is 0.917. The van der Waals surface area contributed by atoms with E-state index in [9.17, 15) is 4.79 Å². The molecule has 98 valence electrons. The molecule has 17 heavy (non-hydrogen) atoms. The second kappa shape index (κ2) is 4.23. The molecular weight excluding hydrogens is 222 g/mol. The molecule has 5 heteroatoms. The summed E-state index contributed by atoms with van der Waals surface area (Å²) in [7, 11) is 1.76. The highest BCUT2D eigenvalue weighted by molar-refractivity contribution is 5.77. The Kier molecular flexibility index (Phi) is 3.18. The summed E-state index contributed by atoms with van der Waals surface area (Å²) in [6.45, 7) is 6.38. The predicted molar refractivity (Wildman–Crippen MR) is 61.0 cm³/mol. The molecule has 2 fully saturated rings. The van der Waals surface area contributed by atoms with Gasteiger partial charge in [-0.1, -0.05) is 0 Å². The molecule has 0 aliphatic carbocycles. The van der Waals surface area contributed by atoms with Crippen LogP contribution in [0.4, 0.5) is 0 Å². The summed E-state index contributed by atoms with van der Waals surface area (Å²) >= 11 is 0. The summed E-state index contributed by atoms with van der Waals surface area (Å²) in [5.41, 5.74) is -1.13. The molecule has 0 saturated carbocycles. The first-order valence-electron chi connectivity index (χ1n) is 6.10. The van der Waals surface area contributed by atoms with Crippen molar-refractivity contribution in [2.24, 2.45) is 0 Å². The molecule has 0 aromatic heterocycles. The Balaban J connectivity index is 2.11. The van der Waals surface area contributed by atoms with Gasteiger partial charge in [0.25, 0.3) is 0 Å². The van der Waals surface area contributed by atoms with E-state index < -0.39 is 11.3 Å². The average Bonchev–Trinajstić information content (AvgIpc) is 3.03. The van der Waals surface area contributed by atoms with Gasteiger partial charge in [-0.2, -0.15) is 0 Å². The van der Waals surface area contributed by atoms with Crippen molar-refractivity contribution in [3.8, 4) is 0 Å². The summed E-state index contributed by atoms with van der Waals surface area (Å²) in [4.78, 5) is 24.5. The maximum absolute atomic E-state index is 11.8. The van der Waals surface area contributed by atoms with E-state index in [-0.39, 0.29) is 12.0 Å². The number of carbonyl (C=O) groups is 1. The number of carbonyl (C=O) groups excluding carboxylic acids is 1. The Morgan fingerprint density at radius 2 is 2.12 bits per heavy atom. The van der Waals surface area contributed by atoms with Crippen molar-refractivity contribution in [1.82, 2.24) is 4.90 Å². The van der Waals surface area contributed by atoms with Gasteiger partial charge in [0.1, 0.15) is 6.10 Å². The SMILES string of the molecule is CN1C(=O)CCC[C@]1(OOC(C)(C)C)[C@H]1CO1. The molecule has 2 rings (SSSR count). The number of hydrogen-bond donors (Lipinski definition) is 0. The quantitative estimate of drug-likeness (QED) is 0.428. The van der Waals surface area contributed by atoms with Crippen molar-refractivity contribution in [3.63, 3.8) is 0 Å². The van der Waals surface area contributed by atoms with E-state index in [1.54, 1.807) is 11.9 Å². The highest BCUT2D eigenvalue weighted by atomic mass is 17.2. The van der Waals surface area contributed by atoms with Gasteiger partial charge in [0, 0.05) is 19.9 Å². The van der Waals surface area contributed by atoms with Crippen LogP contribution in [0.2, 0.25) is 0 Å². The average molecular weight is 243 g/mol. The molecule has 2 saturated heterocycles.